The molecule has 2 amide bonds. The number of anilines is 1. The summed E-state index contributed by atoms with van der Waals surface area (Å²) in [5.74, 6) is -2.62. The zero-order valence-electron chi connectivity index (χ0n) is 21.6. The number of aliphatic carboxylic acids is 1. The normalized spacial score (nSPS) is 22.7. The second kappa shape index (κ2) is 12.1. The van der Waals surface area contributed by atoms with Gasteiger partial charge in [-0.3, -0.25) is 0 Å². The van der Waals surface area contributed by atoms with E-state index < -0.39 is 29.8 Å². The molecule has 1 saturated carbocycles. The van der Waals surface area contributed by atoms with Gasteiger partial charge >= 0.3 is 18.2 Å². The number of fused-ring (bicyclic) bond motifs is 1. The molecule has 1 saturated heterocycles. The molecule has 1 heterocycles. The van der Waals surface area contributed by atoms with Gasteiger partial charge in [-0.1, -0.05) is 6.07 Å². The molecule has 3 N–H and O–H groups in total. The predicted molar refractivity (Wildman–Crippen MR) is 132 cm³/mol. The highest BCUT2D eigenvalue weighted by Gasteiger charge is 2.50. The average molecular weight is 560 g/mol. The van der Waals surface area contributed by atoms with E-state index in [1.165, 1.54) is 5.56 Å². The Kier molecular flexibility index (Phi) is 9.26. The predicted octanol–water partition coefficient (Wildman–Crippen LogP) is 4.93. The van der Waals surface area contributed by atoms with E-state index in [-0.39, 0.29) is 23.2 Å². The minimum Gasteiger partial charge on any atom is -0.493 e. The summed E-state index contributed by atoms with van der Waals surface area (Å²) in [4.78, 5) is 23.7. The smallest absolute Gasteiger partial charge is 0.490 e. The second-order valence-corrected chi connectivity index (χ2v) is 9.47. The van der Waals surface area contributed by atoms with Crippen molar-refractivity contribution in [3.63, 3.8) is 0 Å². The molecular formula is C26H30F5N3O5. The summed E-state index contributed by atoms with van der Waals surface area (Å²) < 4.78 is 69.9. The maximum atomic E-state index is 13.9. The second-order valence-electron chi connectivity index (χ2n) is 9.47. The Balaban J connectivity index is 0.000000532. The lowest BCUT2D eigenvalue weighted by Crippen LogP contribution is -2.52. The first-order chi connectivity index (χ1) is 18.3. The van der Waals surface area contributed by atoms with Gasteiger partial charge < -0.3 is 30.1 Å². The Morgan fingerprint density at radius 1 is 1.05 bits per heavy atom. The first-order valence-corrected chi connectivity index (χ1v) is 12.1. The molecule has 1 aliphatic heterocycles. The molecule has 8 nitrogen and oxygen atoms in total. The fraction of sp³-hybridized carbons (Fsp3) is 0.462. The largest absolute Gasteiger partial charge is 0.493 e. The van der Waals surface area contributed by atoms with Gasteiger partial charge in [0.05, 0.1) is 19.9 Å². The van der Waals surface area contributed by atoms with Crippen molar-refractivity contribution in [2.75, 3.05) is 33.1 Å². The van der Waals surface area contributed by atoms with Gasteiger partial charge in [-0.25, -0.2) is 18.4 Å². The molecule has 39 heavy (non-hydrogen) atoms. The molecule has 3 atom stereocenters. The van der Waals surface area contributed by atoms with E-state index in [9.17, 15) is 26.7 Å². The number of carbonyl (C=O) groups excluding carboxylic acids is 1. The van der Waals surface area contributed by atoms with Gasteiger partial charge in [0, 0.05) is 23.6 Å². The van der Waals surface area contributed by atoms with E-state index in [4.69, 9.17) is 19.4 Å². The number of carboxylic acid groups (broad SMARTS) is 1. The third-order valence-corrected chi connectivity index (χ3v) is 7.24. The van der Waals surface area contributed by atoms with Crippen LogP contribution in [-0.4, -0.2) is 68.1 Å². The van der Waals surface area contributed by atoms with Crippen LogP contribution in [-0.2, 0) is 10.2 Å². The lowest BCUT2D eigenvalue weighted by Gasteiger charge is -2.45. The van der Waals surface area contributed by atoms with E-state index in [2.05, 4.69) is 34.7 Å². The van der Waals surface area contributed by atoms with Crippen LogP contribution in [0.3, 0.4) is 0 Å². The summed E-state index contributed by atoms with van der Waals surface area (Å²) in [7, 11) is 5.37. The van der Waals surface area contributed by atoms with E-state index in [1.807, 2.05) is 6.07 Å². The summed E-state index contributed by atoms with van der Waals surface area (Å²) in [5, 5.41) is 12.5. The molecule has 0 bridgehead atoms. The number of likely N-dealkylation sites (tertiary alicyclic amines) is 1. The van der Waals surface area contributed by atoms with Gasteiger partial charge in [-0.15, -0.1) is 0 Å². The maximum Gasteiger partial charge on any atom is 0.490 e. The van der Waals surface area contributed by atoms with E-state index in [0.29, 0.717) is 11.5 Å². The van der Waals surface area contributed by atoms with Crippen molar-refractivity contribution in [3.8, 4) is 11.5 Å². The number of hydrogen-bond acceptors (Lipinski definition) is 5. The molecular weight excluding hydrogens is 529 g/mol. The molecule has 2 aliphatic rings. The lowest BCUT2D eigenvalue weighted by atomic mass is 9.65. The number of hydrogen-bond donors (Lipinski definition) is 3. The molecule has 4 rings (SSSR count). The molecule has 0 radical (unpaired) electrons. The van der Waals surface area contributed by atoms with E-state index >= 15 is 0 Å². The number of nitrogens with one attached hydrogen (secondary N) is 2. The molecule has 0 spiro atoms. The van der Waals surface area contributed by atoms with Gasteiger partial charge in [-0.2, -0.15) is 13.2 Å². The third-order valence-electron chi connectivity index (χ3n) is 7.24. The van der Waals surface area contributed by atoms with Crippen molar-refractivity contribution in [1.82, 2.24) is 10.2 Å². The molecule has 0 aromatic heterocycles. The van der Waals surface area contributed by atoms with Crippen molar-refractivity contribution in [2.24, 2.45) is 0 Å². The summed E-state index contributed by atoms with van der Waals surface area (Å²) in [6.07, 6.45) is -1.60. The Labute approximate surface area is 222 Å². The van der Waals surface area contributed by atoms with Gasteiger partial charge in [0.15, 0.2) is 11.5 Å². The zero-order valence-corrected chi connectivity index (χ0v) is 21.6. The minimum atomic E-state index is -5.08. The van der Waals surface area contributed by atoms with Crippen LogP contribution in [0.2, 0.25) is 0 Å². The van der Waals surface area contributed by atoms with Gasteiger partial charge in [0.25, 0.3) is 0 Å². The van der Waals surface area contributed by atoms with Crippen LogP contribution in [0.1, 0.15) is 31.2 Å². The molecule has 0 unspecified atom stereocenters. The standard InChI is InChI=1S/C24H29F2N3O3.C2HF3O2/c1-29-11-10-24(15-4-7-20(31-2)21(12-15)32-3)9-8-17(14-22(24)29)27-23(30)28-19-13-16(25)5-6-18(19)26;3-2(4,5)1(6)7/h4-7,12-13,17,22H,8-11,14H2,1-3H3,(H2,27,28,30);(H,6,7)/t17-,22+,24+;/m0./s1. The quantitative estimate of drug-likeness (QED) is 0.450. The number of likely N-dealkylation sites (N-methyl/N-ethyl adjacent to an activating group) is 1. The summed E-state index contributed by atoms with van der Waals surface area (Å²) in [6.45, 7) is 0.965. The van der Waals surface area contributed by atoms with Crippen molar-refractivity contribution in [3.05, 3.63) is 53.6 Å². The number of benzene rings is 2. The van der Waals surface area contributed by atoms with Crippen LogP contribution in [0.25, 0.3) is 0 Å². The summed E-state index contributed by atoms with van der Waals surface area (Å²) in [5.41, 5.74) is 1.02. The number of halogens is 5. The highest BCUT2D eigenvalue weighted by Crippen LogP contribution is 2.49. The van der Waals surface area contributed by atoms with E-state index in [1.54, 1.807) is 14.2 Å². The maximum absolute atomic E-state index is 13.9. The summed E-state index contributed by atoms with van der Waals surface area (Å²) in [6, 6.07) is 8.76. The van der Waals surface area contributed by atoms with Crippen LogP contribution < -0.4 is 20.1 Å². The molecule has 214 valence electrons. The molecule has 2 fully saturated rings. The number of carbonyl (C=O) groups is 2. The number of nitrogens with zero attached hydrogens (tertiary/aromatic N) is 1. The molecule has 13 heteroatoms. The van der Waals surface area contributed by atoms with Gasteiger partial charge in [-0.05, 0) is 69.1 Å². The fourth-order valence-corrected chi connectivity index (χ4v) is 5.33. The third kappa shape index (κ3) is 6.88. The van der Waals surface area contributed by atoms with Gasteiger partial charge in [0.2, 0.25) is 0 Å². The van der Waals surface area contributed by atoms with Crippen LogP contribution >= 0.6 is 0 Å². The number of amides is 2. The van der Waals surface area contributed by atoms with Crippen molar-refractivity contribution in [2.45, 2.75) is 49.4 Å². The average Bonchev–Trinajstić information content (AvgIpc) is 3.22. The Hall–Kier alpha value is -3.61. The Bertz CT molecular complexity index is 1200. The first kappa shape index (κ1) is 29.9. The topological polar surface area (TPSA) is 100 Å². The van der Waals surface area contributed by atoms with Crippen LogP contribution in [0, 0.1) is 11.6 Å². The Morgan fingerprint density at radius 2 is 1.72 bits per heavy atom. The van der Waals surface area contributed by atoms with Crippen molar-refractivity contribution >= 4 is 17.7 Å². The number of alkyl halides is 3. The molecule has 2 aromatic rings. The van der Waals surface area contributed by atoms with Crippen LogP contribution in [0.5, 0.6) is 11.5 Å². The number of urea groups is 1. The van der Waals surface area contributed by atoms with Crippen LogP contribution in [0.15, 0.2) is 36.4 Å². The summed E-state index contributed by atoms with van der Waals surface area (Å²) >= 11 is 0. The molecule has 1 aliphatic carbocycles. The first-order valence-electron chi connectivity index (χ1n) is 12.1. The monoisotopic (exact) mass is 559 g/mol. The minimum absolute atomic E-state index is 0.0301. The Morgan fingerprint density at radius 3 is 2.33 bits per heavy atom. The van der Waals surface area contributed by atoms with Crippen molar-refractivity contribution in [1.29, 1.82) is 0 Å². The number of ether oxygens (including phenoxy) is 2. The fourth-order valence-electron chi connectivity index (χ4n) is 5.33. The van der Waals surface area contributed by atoms with Gasteiger partial charge in [0.1, 0.15) is 11.6 Å². The highest BCUT2D eigenvalue weighted by molar-refractivity contribution is 5.89. The number of rotatable bonds is 5. The highest BCUT2D eigenvalue weighted by atomic mass is 19.4. The number of methoxy groups -OCH3 is 2. The SMILES string of the molecule is COc1ccc([C@]23CC[C@H](NC(=O)Nc4cc(F)ccc4F)C[C@H]2N(C)CC3)cc1OC.O=C(O)C(F)(F)F. The van der Waals surface area contributed by atoms with Crippen LogP contribution in [0.4, 0.5) is 32.4 Å². The van der Waals surface area contributed by atoms with E-state index in [0.717, 1.165) is 50.4 Å². The zero-order chi connectivity index (χ0) is 29.0. The molecule has 2 aromatic carbocycles. The van der Waals surface area contributed by atoms with Crippen molar-refractivity contribution < 1.29 is 46.1 Å². The number of carboxylic acids is 1. The lowest BCUT2D eigenvalue weighted by molar-refractivity contribution is -0.192.